The maximum atomic E-state index is 12.2. The highest BCUT2D eigenvalue weighted by Gasteiger charge is 2.29. The van der Waals surface area contributed by atoms with Crippen LogP contribution in [0.25, 0.3) is 0 Å². The highest BCUT2D eigenvalue weighted by molar-refractivity contribution is 5.85. The third kappa shape index (κ3) is 3.56. The summed E-state index contributed by atoms with van der Waals surface area (Å²) in [6.45, 7) is 8.80. The van der Waals surface area contributed by atoms with Crippen molar-refractivity contribution in [3.8, 4) is 0 Å². The summed E-state index contributed by atoms with van der Waals surface area (Å²) in [5.41, 5.74) is 0.216. The number of carbonyl (C=O) groups is 1. The minimum absolute atomic E-state index is 0.0417. The lowest BCUT2D eigenvalue weighted by molar-refractivity contribution is -0.136. The van der Waals surface area contributed by atoms with Gasteiger partial charge in [-0.15, -0.1) is 0 Å². The Kier molecular flexibility index (Phi) is 4.28. The minimum atomic E-state index is -0.553. The van der Waals surface area contributed by atoms with E-state index >= 15 is 0 Å². The zero-order valence-electron chi connectivity index (χ0n) is 11.2. The Labute approximate surface area is 102 Å². The number of rotatable bonds is 5. The Hall–Kier alpha value is -1.36. The van der Waals surface area contributed by atoms with Gasteiger partial charge in [-0.2, -0.15) is 0 Å². The van der Waals surface area contributed by atoms with E-state index in [0.717, 1.165) is 18.0 Å². The fraction of sp³-hybridized carbons (Fsp3) is 0.667. The molecule has 1 aromatic heterocycles. The van der Waals surface area contributed by atoms with E-state index < -0.39 is 5.54 Å². The SMILES string of the molecule is CCNC(C)(C)C(=O)N(C)Cc1cc(C)on1. The Balaban J connectivity index is 2.64. The van der Waals surface area contributed by atoms with E-state index in [1.807, 2.05) is 33.8 Å². The topological polar surface area (TPSA) is 58.4 Å². The molecule has 1 rings (SSSR count). The summed E-state index contributed by atoms with van der Waals surface area (Å²) in [6.07, 6.45) is 0. The van der Waals surface area contributed by atoms with Crippen molar-refractivity contribution in [1.29, 1.82) is 0 Å². The standard InChI is InChI=1S/C12H21N3O2/c1-6-13-12(3,4)11(16)15(5)8-10-7-9(2)17-14-10/h7,13H,6,8H2,1-5H3. The largest absolute Gasteiger partial charge is 0.361 e. The van der Waals surface area contributed by atoms with Gasteiger partial charge in [-0.05, 0) is 27.3 Å². The van der Waals surface area contributed by atoms with Crippen LogP contribution in [-0.4, -0.2) is 35.1 Å². The number of hydrogen-bond donors (Lipinski definition) is 1. The third-order valence-electron chi connectivity index (χ3n) is 2.58. The average Bonchev–Trinajstić information content (AvgIpc) is 2.62. The van der Waals surface area contributed by atoms with Crippen molar-refractivity contribution < 1.29 is 9.32 Å². The first-order valence-electron chi connectivity index (χ1n) is 5.79. The van der Waals surface area contributed by atoms with Crippen LogP contribution in [-0.2, 0) is 11.3 Å². The first-order chi connectivity index (χ1) is 7.86. The average molecular weight is 239 g/mol. The van der Waals surface area contributed by atoms with Crippen molar-refractivity contribution in [2.45, 2.75) is 39.8 Å². The van der Waals surface area contributed by atoms with Crippen LogP contribution in [0.2, 0.25) is 0 Å². The Morgan fingerprint density at radius 2 is 2.24 bits per heavy atom. The van der Waals surface area contributed by atoms with Gasteiger partial charge >= 0.3 is 0 Å². The molecule has 0 bridgehead atoms. The van der Waals surface area contributed by atoms with Crippen molar-refractivity contribution in [1.82, 2.24) is 15.4 Å². The maximum absolute atomic E-state index is 12.2. The molecule has 1 aromatic rings. The predicted octanol–water partition coefficient (Wildman–Crippen LogP) is 1.33. The van der Waals surface area contributed by atoms with E-state index in [4.69, 9.17) is 4.52 Å². The highest BCUT2D eigenvalue weighted by atomic mass is 16.5. The van der Waals surface area contributed by atoms with E-state index in [-0.39, 0.29) is 5.91 Å². The molecule has 0 atom stereocenters. The van der Waals surface area contributed by atoms with Gasteiger partial charge in [0.1, 0.15) is 11.5 Å². The molecule has 0 aromatic carbocycles. The molecule has 17 heavy (non-hydrogen) atoms. The smallest absolute Gasteiger partial charge is 0.242 e. The summed E-state index contributed by atoms with van der Waals surface area (Å²) < 4.78 is 4.97. The Morgan fingerprint density at radius 3 is 2.71 bits per heavy atom. The minimum Gasteiger partial charge on any atom is -0.361 e. The molecule has 5 nitrogen and oxygen atoms in total. The number of carbonyl (C=O) groups excluding carboxylic acids is 1. The molecule has 1 heterocycles. The zero-order valence-corrected chi connectivity index (χ0v) is 11.2. The lowest BCUT2D eigenvalue weighted by atomic mass is 10.0. The van der Waals surface area contributed by atoms with Gasteiger partial charge in [0.2, 0.25) is 5.91 Å². The second-order valence-corrected chi connectivity index (χ2v) is 4.75. The van der Waals surface area contributed by atoms with Gasteiger partial charge in [0.05, 0.1) is 12.1 Å². The number of likely N-dealkylation sites (N-methyl/N-ethyl adjacent to an activating group) is 2. The summed E-state index contributed by atoms with van der Waals surface area (Å²) >= 11 is 0. The van der Waals surface area contributed by atoms with E-state index in [9.17, 15) is 4.79 Å². The Bertz CT molecular complexity index is 385. The first kappa shape index (κ1) is 13.7. The van der Waals surface area contributed by atoms with Gasteiger partial charge < -0.3 is 14.7 Å². The Morgan fingerprint density at radius 1 is 1.59 bits per heavy atom. The summed E-state index contributed by atoms with van der Waals surface area (Å²) in [7, 11) is 1.77. The van der Waals surface area contributed by atoms with Crippen LogP contribution in [0, 0.1) is 6.92 Å². The monoisotopic (exact) mass is 239 g/mol. The normalized spacial score (nSPS) is 11.6. The molecule has 96 valence electrons. The van der Waals surface area contributed by atoms with Crippen molar-refractivity contribution in [3.05, 3.63) is 17.5 Å². The van der Waals surface area contributed by atoms with Crippen LogP contribution < -0.4 is 5.32 Å². The fourth-order valence-electron chi connectivity index (χ4n) is 1.80. The van der Waals surface area contributed by atoms with Gasteiger partial charge in [0, 0.05) is 13.1 Å². The summed E-state index contributed by atoms with van der Waals surface area (Å²) in [5.74, 6) is 0.798. The van der Waals surface area contributed by atoms with Crippen molar-refractivity contribution in [2.24, 2.45) is 0 Å². The second-order valence-electron chi connectivity index (χ2n) is 4.75. The summed E-state index contributed by atoms with van der Waals surface area (Å²) in [4.78, 5) is 13.8. The molecule has 0 fully saturated rings. The third-order valence-corrected chi connectivity index (χ3v) is 2.58. The maximum Gasteiger partial charge on any atom is 0.242 e. The number of amides is 1. The number of aromatic nitrogens is 1. The van der Waals surface area contributed by atoms with E-state index in [1.165, 1.54) is 0 Å². The molecule has 5 heteroatoms. The van der Waals surface area contributed by atoms with Crippen molar-refractivity contribution in [3.63, 3.8) is 0 Å². The molecule has 0 saturated carbocycles. The molecular weight excluding hydrogens is 218 g/mol. The van der Waals surface area contributed by atoms with Gasteiger partial charge in [0.15, 0.2) is 0 Å². The van der Waals surface area contributed by atoms with Gasteiger partial charge in [0.25, 0.3) is 0 Å². The molecule has 1 N–H and O–H groups in total. The molecule has 0 saturated heterocycles. The second kappa shape index (κ2) is 5.31. The molecule has 0 spiro atoms. The molecule has 0 radical (unpaired) electrons. The number of aryl methyl sites for hydroxylation is 1. The number of nitrogens with one attached hydrogen (secondary N) is 1. The quantitative estimate of drug-likeness (QED) is 0.842. The molecular formula is C12H21N3O2. The van der Waals surface area contributed by atoms with Crippen molar-refractivity contribution in [2.75, 3.05) is 13.6 Å². The van der Waals surface area contributed by atoms with E-state index in [1.54, 1.807) is 11.9 Å². The summed E-state index contributed by atoms with van der Waals surface area (Å²) in [6, 6.07) is 1.84. The van der Waals surface area contributed by atoms with Gasteiger partial charge in [-0.3, -0.25) is 4.79 Å². The van der Waals surface area contributed by atoms with Crippen LogP contribution in [0.15, 0.2) is 10.6 Å². The summed E-state index contributed by atoms with van der Waals surface area (Å²) in [5, 5.41) is 7.04. The molecule has 0 aliphatic heterocycles. The van der Waals surface area contributed by atoms with Crippen LogP contribution in [0.3, 0.4) is 0 Å². The van der Waals surface area contributed by atoms with E-state index in [0.29, 0.717) is 6.54 Å². The molecule has 0 aliphatic carbocycles. The fourth-order valence-corrected chi connectivity index (χ4v) is 1.80. The van der Waals surface area contributed by atoms with Crippen LogP contribution in [0.5, 0.6) is 0 Å². The van der Waals surface area contributed by atoms with Gasteiger partial charge in [-0.25, -0.2) is 0 Å². The van der Waals surface area contributed by atoms with Crippen LogP contribution >= 0.6 is 0 Å². The highest BCUT2D eigenvalue weighted by Crippen LogP contribution is 2.10. The van der Waals surface area contributed by atoms with E-state index in [2.05, 4.69) is 10.5 Å². The zero-order chi connectivity index (χ0) is 13.1. The van der Waals surface area contributed by atoms with Crippen LogP contribution in [0.4, 0.5) is 0 Å². The number of nitrogens with zero attached hydrogens (tertiary/aromatic N) is 2. The van der Waals surface area contributed by atoms with Crippen molar-refractivity contribution >= 4 is 5.91 Å². The molecule has 1 amide bonds. The predicted molar refractivity (Wildman–Crippen MR) is 65.5 cm³/mol. The molecule has 0 aliphatic rings. The lowest BCUT2D eigenvalue weighted by Crippen LogP contribution is -2.52. The van der Waals surface area contributed by atoms with Crippen LogP contribution in [0.1, 0.15) is 32.2 Å². The van der Waals surface area contributed by atoms with Gasteiger partial charge in [-0.1, -0.05) is 12.1 Å². The number of hydrogen-bond acceptors (Lipinski definition) is 4. The molecule has 0 unspecified atom stereocenters. The first-order valence-corrected chi connectivity index (χ1v) is 5.79. The lowest BCUT2D eigenvalue weighted by Gasteiger charge is -2.29.